The van der Waals surface area contributed by atoms with Gasteiger partial charge >= 0.3 is 0 Å². The second-order valence-corrected chi connectivity index (χ2v) is 3.24. The lowest BCUT2D eigenvalue weighted by atomic mass is 10.2. The van der Waals surface area contributed by atoms with Gasteiger partial charge in [0, 0.05) is 5.56 Å². The predicted molar refractivity (Wildman–Crippen MR) is 54.9 cm³/mol. The Balaban J connectivity index is 3.18. The topological polar surface area (TPSA) is 29.5 Å². The van der Waals surface area contributed by atoms with Crippen molar-refractivity contribution in [1.29, 1.82) is 0 Å². The van der Waals surface area contributed by atoms with Crippen molar-refractivity contribution in [3.05, 3.63) is 22.2 Å². The Kier molecular flexibility index (Phi) is 3.21. The van der Waals surface area contributed by atoms with Crippen LogP contribution in [0.15, 0.2) is 16.6 Å². The van der Waals surface area contributed by atoms with Crippen molar-refractivity contribution >= 4 is 15.9 Å². The average Bonchev–Trinajstić information content (AvgIpc) is 2.13. The summed E-state index contributed by atoms with van der Waals surface area (Å²) in [6, 6.07) is 3.29. The lowest BCUT2D eigenvalue weighted by molar-refractivity contribution is 0.317. The largest absolute Gasteiger partial charge is 0.503 e. The van der Waals surface area contributed by atoms with E-state index in [9.17, 15) is 5.11 Å². The van der Waals surface area contributed by atoms with E-state index in [4.69, 9.17) is 11.2 Å². The van der Waals surface area contributed by atoms with Crippen molar-refractivity contribution in [2.75, 3.05) is 6.61 Å². The number of phenols is 1. The standard InChI is InChI=1S/C10H9BrO2/c1-3-7-5-8(11)10(12)9(6-7)13-4-2/h1,5-6,12H,4H2,2H3. The minimum atomic E-state index is 0.0841. The minimum Gasteiger partial charge on any atom is -0.503 e. The molecule has 0 aliphatic carbocycles. The van der Waals surface area contributed by atoms with Gasteiger partial charge in [0.15, 0.2) is 11.5 Å². The van der Waals surface area contributed by atoms with E-state index in [-0.39, 0.29) is 5.75 Å². The fourth-order valence-electron chi connectivity index (χ4n) is 0.923. The summed E-state index contributed by atoms with van der Waals surface area (Å²) in [6.07, 6.45) is 5.23. The first-order valence-corrected chi connectivity index (χ1v) is 4.60. The summed E-state index contributed by atoms with van der Waals surface area (Å²) >= 11 is 3.18. The maximum atomic E-state index is 9.51. The van der Waals surface area contributed by atoms with Gasteiger partial charge in [-0.15, -0.1) is 6.42 Å². The first kappa shape index (κ1) is 9.94. The van der Waals surface area contributed by atoms with Crippen LogP contribution >= 0.6 is 15.9 Å². The number of ether oxygens (including phenoxy) is 1. The zero-order valence-electron chi connectivity index (χ0n) is 7.17. The van der Waals surface area contributed by atoms with Crippen LogP contribution in [0, 0.1) is 12.3 Å². The number of halogens is 1. The number of hydrogen-bond acceptors (Lipinski definition) is 2. The fourth-order valence-corrected chi connectivity index (χ4v) is 1.36. The molecular formula is C10H9BrO2. The molecule has 1 N–H and O–H groups in total. The van der Waals surface area contributed by atoms with Gasteiger partial charge < -0.3 is 9.84 Å². The van der Waals surface area contributed by atoms with Crippen LogP contribution in [0.1, 0.15) is 12.5 Å². The molecule has 0 aromatic heterocycles. The summed E-state index contributed by atoms with van der Waals surface area (Å²) < 4.78 is 5.73. The molecule has 13 heavy (non-hydrogen) atoms. The number of terminal acetylenes is 1. The van der Waals surface area contributed by atoms with Gasteiger partial charge in [-0.2, -0.15) is 0 Å². The number of aromatic hydroxyl groups is 1. The number of phenolic OH excluding ortho intramolecular Hbond substituents is 1. The molecule has 68 valence electrons. The SMILES string of the molecule is C#Cc1cc(Br)c(O)c(OCC)c1. The summed E-state index contributed by atoms with van der Waals surface area (Å²) in [5.41, 5.74) is 0.674. The zero-order valence-corrected chi connectivity index (χ0v) is 8.76. The van der Waals surface area contributed by atoms with E-state index in [1.54, 1.807) is 12.1 Å². The van der Waals surface area contributed by atoms with Crippen molar-refractivity contribution in [2.24, 2.45) is 0 Å². The van der Waals surface area contributed by atoms with Crippen LogP contribution in [0.5, 0.6) is 11.5 Å². The monoisotopic (exact) mass is 240 g/mol. The highest BCUT2D eigenvalue weighted by atomic mass is 79.9. The highest BCUT2D eigenvalue weighted by molar-refractivity contribution is 9.10. The molecule has 0 atom stereocenters. The molecule has 0 bridgehead atoms. The van der Waals surface area contributed by atoms with Crippen LogP contribution in [0.25, 0.3) is 0 Å². The molecule has 0 spiro atoms. The van der Waals surface area contributed by atoms with Gasteiger partial charge in [-0.1, -0.05) is 5.92 Å². The van der Waals surface area contributed by atoms with E-state index in [0.717, 1.165) is 0 Å². The fraction of sp³-hybridized carbons (Fsp3) is 0.200. The molecule has 2 nitrogen and oxygen atoms in total. The molecule has 0 aliphatic rings. The molecule has 0 fully saturated rings. The van der Waals surface area contributed by atoms with Gasteiger partial charge in [0.1, 0.15) is 0 Å². The lowest BCUT2D eigenvalue weighted by Crippen LogP contribution is -1.92. The average molecular weight is 241 g/mol. The second-order valence-electron chi connectivity index (χ2n) is 2.38. The Hall–Kier alpha value is -1.14. The zero-order chi connectivity index (χ0) is 9.84. The van der Waals surface area contributed by atoms with Crippen LogP contribution in [-0.2, 0) is 0 Å². The highest BCUT2D eigenvalue weighted by Gasteiger charge is 2.07. The van der Waals surface area contributed by atoms with Gasteiger partial charge in [-0.05, 0) is 35.0 Å². The van der Waals surface area contributed by atoms with Crippen LogP contribution in [0.4, 0.5) is 0 Å². The normalized spacial score (nSPS) is 9.31. The van der Waals surface area contributed by atoms with E-state index in [0.29, 0.717) is 22.4 Å². The number of rotatable bonds is 2. The molecule has 0 amide bonds. The van der Waals surface area contributed by atoms with E-state index in [1.165, 1.54) is 0 Å². The summed E-state index contributed by atoms with van der Waals surface area (Å²) in [5.74, 6) is 2.96. The molecule has 0 saturated carbocycles. The molecule has 1 rings (SSSR count). The van der Waals surface area contributed by atoms with Gasteiger partial charge in [0.25, 0.3) is 0 Å². The summed E-state index contributed by atoms with van der Waals surface area (Å²) in [7, 11) is 0. The van der Waals surface area contributed by atoms with E-state index in [1.807, 2.05) is 6.92 Å². The van der Waals surface area contributed by atoms with Crippen molar-refractivity contribution in [3.8, 4) is 23.8 Å². The van der Waals surface area contributed by atoms with Crippen molar-refractivity contribution in [2.45, 2.75) is 6.92 Å². The molecule has 0 radical (unpaired) electrons. The summed E-state index contributed by atoms with van der Waals surface area (Å²) in [5, 5.41) is 9.51. The molecule has 0 aliphatic heterocycles. The second kappa shape index (κ2) is 4.20. The third-order valence-corrected chi connectivity index (χ3v) is 2.10. The first-order chi connectivity index (χ1) is 6.19. The number of hydrogen-bond donors (Lipinski definition) is 1. The van der Waals surface area contributed by atoms with Gasteiger partial charge in [0.05, 0.1) is 11.1 Å². The lowest BCUT2D eigenvalue weighted by Gasteiger charge is -2.07. The quantitative estimate of drug-likeness (QED) is 0.806. The Morgan fingerprint density at radius 3 is 2.85 bits per heavy atom. The predicted octanol–water partition coefficient (Wildman–Crippen LogP) is 2.53. The van der Waals surface area contributed by atoms with E-state index in [2.05, 4.69) is 21.9 Å². The smallest absolute Gasteiger partial charge is 0.172 e. The van der Waals surface area contributed by atoms with Crippen LogP contribution in [0.3, 0.4) is 0 Å². The molecule has 0 heterocycles. The van der Waals surface area contributed by atoms with Gasteiger partial charge in [-0.3, -0.25) is 0 Å². The third kappa shape index (κ3) is 2.16. The van der Waals surface area contributed by atoms with Crippen molar-refractivity contribution < 1.29 is 9.84 Å². The maximum absolute atomic E-state index is 9.51. The third-order valence-electron chi connectivity index (χ3n) is 1.49. The van der Waals surface area contributed by atoms with Crippen molar-refractivity contribution in [1.82, 2.24) is 0 Å². The summed E-state index contributed by atoms with van der Waals surface area (Å²) in [6.45, 7) is 2.34. The van der Waals surface area contributed by atoms with Crippen LogP contribution < -0.4 is 4.74 Å². The van der Waals surface area contributed by atoms with Crippen molar-refractivity contribution in [3.63, 3.8) is 0 Å². The summed E-state index contributed by atoms with van der Waals surface area (Å²) in [4.78, 5) is 0. The molecule has 1 aromatic carbocycles. The van der Waals surface area contributed by atoms with Gasteiger partial charge in [0.2, 0.25) is 0 Å². The first-order valence-electron chi connectivity index (χ1n) is 3.81. The Labute approximate surface area is 85.7 Å². The van der Waals surface area contributed by atoms with E-state index >= 15 is 0 Å². The molecule has 1 aromatic rings. The number of benzene rings is 1. The minimum absolute atomic E-state index is 0.0841. The Morgan fingerprint density at radius 2 is 2.31 bits per heavy atom. The molecule has 0 unspecified atom stereocenters. The van der Waals surface area contributed by atoms with Gasteiger partial charge in [-0.25, -0.2) is 0 Å². The van der Waals surface area contributed by atoms with Crippen LogP contribution in [-0.4, -0.2) is 11.7 Å². The Morgan fingerprint density at radius 1 is 1.62 bits per heavy atom. The molecule has 0 saturated heterocycles. The molecular weight excluding hydrogens is 232 g/mol. The molecule has 3 heteroatoms. The maximum Gasteiger partial charge on any atom is 0.172 e. The highest BCUT2D eigenvalue weighted by Crippen LogP contribution is 2.35. The van der Waals surface area contributed by atoms with Crippen LogP contribution in [0.2, 0.25) is 0 Å². The Bertz CT molecular complexity index is 353. The van der Waals surface area contributed by atoms with E-state index < -0.39 is 0 Å².